The summed E-state index contributed by atoms with van der Waals surface area (Å²) in [5.41, 5.74) is 2.18. The lowest BCUT2D eigenvalue weighted by Crippen LogP contribution is -2.50. The molecule has 1 heterocycles. The summed E-state index contributed by atoms with van der Waals surface area (Å²) >= 11 is 6.42. The minimum Gasteiger partial charge on any atom is -0.481 e. The minimum absolute atomic E-state index is 0.0582. The fourth-order valence-electron chi connectivity index (χ4n) is 4.87. The van der Waals surface area contributed by atoms with Crippen LogP contribution in [0.15, 0.2) is 53.5 Å². The highest BCUT2D eigenvalue weighted by atomic mass is 35.5. The van der Waals surface area contributed by atoms with Crippen LogP contribution in [-0.2, 0) is 9.59 Å². The molecule has 3 rings (SSSR count). The highest BCUT2D eigenvalue weighted by Gasteiger charge is 2.42. The van der Waals surface area contributed by atoms with E-state index in [9.17, 15) is 14.7 Å². The van der Waals surface area contributed by atoms with E-state index in [1.54, 1.807) is 18.2 Å². The number of likely N-dealkylation sites (tertiary alicyclic amines) is 1. The van der Waals surface area contributed by atoms with Crippen molar-refractivity contribution in [2.75, 3.05) is 18.4 Å². The monoisotopic (exact) mass is 497 g/mol. The molecule has 7 heteroatoms. The molecular formula is C28H36ClN3O3. The van der Waals surface area contributed by atoms with Crippen LogP contribution in [0.1, 0.15) is 64.5 Å². The SMILES string of the molecule is CCN1CCC[C@]1(C)C(=O)Nc1ccc(Cl)cc1C(=N[C@@H](CC(=O)O)CC(C)C)c1ccccc1. The highest BCUT2D eigenvalue weighted by Crippen LogP contribution is 2.32. The van der Waals surface area contributed by atoms with Gasteiger partial charge in [0, 0.05) is 16.1 Å². The number of aliphatic imine (C=N–C) groups is 1. The van der Waals surface area contributed by atoms with Crippen molar-refractivity contribution in [3.05, 3.63) is 64.7 Å². The Hall–Kier alpha value is -2.70. The Morgan fingerprint density at radius 3 is 2.54 bits per heavy atom. The summed E-state index contributed by atoms with van der Waals surface area (Å²) in [6.07, 6.45) is 2.34. The van der Waals surface area contributed by atoms with Crippen molar-refractivity contribution in [2.45, 2.75) is 65.0 Å². The topological polar surface area (TPSA) is 82.0 Å². The molecule has 2 N–H and O–H groups in total. The summed E-state index contributed by atoms with van der Waals surface area (Å²) in [7, 11) is 0. The van der Waals surface area contributed by atoms with Crippen LogP contribution in [0.25, 0.3) is 0 Å². The molecule has 0 unspecified atom stereocenters. The first kappa shape index (κ1) is 26.9. The Kier molecular flexibility index (Phi) is 9.09. The molecular weight excluding hydrogens is 462 g/mol. The first-order valence-electron chi connectivity index (χ1n) is 12.4. The fourth-order valence-corrected chi connectivity index (χ4v) is 5.04. The number of rotatable bonds is 10. The first-order chi connectivity index (χ1) is 16.6. The number of likely N-dealkylation sites (N-methyl/N-ethyl adjacent to an activating group) is 1. The molecule has 35 heavy (non-hydrogen) atoms. The smallest absolute Gasteiger partial charge is 0.305 e. The lowest BCUT2D eigenvalue weighted by atomic mass is 9.95. The first-order valence-corrected chi connectivity index (χ1v) is 12.7. The van der Waals surface area contributed by atoms with E-state index < -0.39 is 17.6 Å². The van der Waals surface area contributed by atoms with Crippen molar-refractivity contribution in [3.8, 4) is 0 Å². The molecule has 188 valence electrons. The van der Waals surface area contributed by atoms with Crippen LogP contribution in [0.4, 0.5) is 5.69 Å². The zero-order valence-electron chi connectivity index (χ0n) is 21.1. The van der Waals surface area contributed by atoms with Gasteiger partial charge in [0.2, 0.25) is 5.91 Å². The number of aliphatic carboxylic acids is 1. The number of hydrogen-bond acceptors (Lipinski definition) is 4. The molecule has 0 spiro atoms. The van der Waals surface area contributed by atoms with Gasteiger partial charge in [0.1, 0.15) is 0 Å². The summed E-state index contributed by atoms with van der Waals surface area (Å²) < 4.78 is 0. The van der Waals surface area contributed by atoms with Crippen LogP contribution < -0.4 is 5.32 Å². The van der Waals surface area contributed by atoms with Gasteiger partial charge in [-0.05, 0) is 63.4 Å². The second kappa shape index (κ2) is 11.8. The van der Waals surface area contributed by atoms with Gasteiger partial charge in [-0.3, -0.25) is 19.5 Å². The highest BCUT2D eigenvalue weighted by molar-refractivity contribution is 6.31. The number of hydrogen-bond donors (Lipinski definition) is 2. The number of benzene rings is 2. The second-order valence-electron chi connectivity index (χ2n) is 9.83. The third kappa shape index (κ3) is 6.71. The fraction of sp³-hybridized carbons (Fsp3) is 0.464. The number of amides is 1. The molecule has 2 aromatic carbocycles. The standard InChI is InChI=1S/C28H36ClN3O3/c1-5-32-15-9-14-28(32,4)27(35)31-24-13-12-21(29)17-23(24)26(20-10-7-6-8-11-20)30-22(16-19(2)3)18-25(33)34/h6-8,10-13,17,19,22H,5,9,14-16,18H2,1-4H3,(H,31,35)(H,33,34)/t22-,28-/m1/s1. The molecule has 1 fully saturated rings. The third-order valence-electron chi connectivity index (χ3n) is 6.66. The predicted octanol–water partition coefficient (Wildman–Crippen LogP) is 5.88. The number of nitrogens with one attached hydrogen (secondary N) is 1. The van der Waals surface area contributed by atoms with Crippen molar-refractivity contribution in [1.29, 1.82) is 0 Å². The molecule has 0 aliphatic carbocycles. The maximum Gasteiger partial charge on any atom is 0.305 e. The molecule has 2 atom stereocenters. The number of carbonyl (C=O) groups excluding carboxylic acids is 1. The van der Waals surface area contributed by atoms with E-state index in [2.05, 4.69) is 31.0 Å². The van der Waals surface area contributed by atoms with E-state index in [0.29, 0.717) is 28.4 Å². The molecule has 0 radical (unpaired) electrons. The lowest BCUT2D eigenvalue weighted by molar-refractivity contribution is -0.137. The van der Waals surface area contributed by atoms with E-state index >= 15 is 0 Å². The van der Waals surface area contributed by atoms with Crippen LogP contribution >= 0.6 is 11.6 Å². The Bertz CT molecular complexity index is 1070. The molecule has 1 saturated heterocycles. The van der Waals surface area contributed by atoms with E-state index in [4.69, 9.17) is 16.6 Å². The van der Waals surface area contributed by atoms with Crippen LogP contribution in [0.2, 0.25) is 5.02 Å². The maximum absolute atomic E-state index is 13.5. The third-order valence-corrected chi connectivity index (χ3v) is 6.89. The van der Waals surface area contributed by atoms with E-state index in [-0.39, 0.29) is 18.2 Å². The lowest BCUT2D eigenvalue weighted by Gasteiger charge is -2.33. The van der Waals surface area contributed by atoms with Crippen LogP contribution in [-0.4, -0.2) is 52.3 Å². The van der Waals surface area contributed by atoms with Gasteiger partial charge < -0.3 is 10.4 Å². The summed E-state index contributed by atoms with van der Waals surface area (Å²) in [6.45, 7) is 9.88. The molecule has 0 bridgehead atoms. The van der Waals surface area contributed by atoms with Gasteiger partial charge in [0.25, 0.3) is 0 Å². The van der Waals surface area contributed by atoms with Crippen molar-refractivity contribution < 1.29 is 14.7 Å². The van der Waals surface area contributed by atoms with Crippen LogP contribution in [0, 0.1) is 5.92 Å². The van der Waals surface area contributed by atoms with E-state index in [0.717, 1.165) is 31.5 Å². The van der Waals surface area contributed by atoms with E-state index in [1.807, 2.05) is 37.3 Å². The van der Waals surface area contributed by atoms with Crippen molar-refractivity contribution in [3.63, 3.8) is 0 Å². The van der Waals surface area contributed by atoms with Gasteiger partial charge in [-0.15, -0.1) is 0 Å². The predicted molar refractivity (Wildman–Crippen MR) is 143 cm³/mol. The number of nitrogens with zero attached hydrogens (tertiary/aromatic N) is 2. The van der Waals surface area contributed by atoms with E-state index in [1.165, 1.54) is 0 Å². The van der Waals surface area contributed by atoms with Gasteiger partial charge in [-0.1, -0.05) is 62.7 Å². The Morgan fingerprint density at radius 2 is 1.91 bits per heavy atom. The Morgan fingerprint density at radius 1 is 1.20 bits per heavy atom. The summed E-state index contributed by atoms with van der Waals surface area (Å²) in [4.78, 5) is 32.3. The maximum atomic E-state index is 13.5. The van der Waals surface area contributed by atoms with Crippen molar-refractivity contribution in [2.24, 2.45) is 10.9 Å². The van der Waals surface area contributed by atoms with Gasteiger partial charge in [-0.2, -0.15) is 0 Å². The number of carboxylic acid groups (broad SMARTS) is 1. The van der Waals surface area contributed by atoms with Gasteiger partial charge in [-0.25, -0.2) is 0 Å². The van der Waals surface area contributed by atoms with Gasteiger partial charge >= 0.3 is 5.97 Å². The van der Waals surface area contributed by atoms with Crippen LogP contribution in [0.5, 0.6) is 0 Å². The Labute approximate surface area is 213 Å². The molecule has 6 nitrogen and oxygen atoms in total. The number of carboxylic acids is 1. The normalized spacial score (nSPS) is 19.7. The average molecular weight is 498 g/mol. The molecule has 2 aromatic rings. The van der Waals surface area contributed by atoms with Crippen LogP contribution in [0.3, 0.4) is 0 Å². The Balaban J connectivity index is 2.09. The number of anilines is 1. The number of halogens is 1. The second-order valence-corrected chi connectivity index (χ2v) is 10.3. The molecule has 1 amide bonds. The van der Waals surface area contributed by atoms with Crippen molar-refractivity contribution in [1.82, 2.24) is 4.90 Å². The molecule has 1 aliphatic heterocycles. The zero-order valence-corrected chi connectivity index (χ0v) is 21.8. The zero-order chi connectivity index (χ0) is 25.6. The average Bonchev–Trinajstić information content (AvgIpc) is 3.20. The summed E-state index contributed by atoms with van der Waals surface area (Å²) in [5, 5.41) is 13.2. The quantitative estimate of drug-likeness (QED) is 0.401. The van der Waals surface area contributed by atoms with Crippen molar-refractivity contribution >= 4 is 34.9 Å². The number of carbonyl (C=O) groups is 2. The molecule has 1 aliphatic rings. The van der Waals surface area contributed by atoms with Gasteiger partial charge in [0.05, 0.1) is 29.4 Å². The molecule has 0 aromatic heterocycles. The summed E-state index contributed by atoms with van der Waals surface area (Å²) in [5.74, 6) is -0.668. The van der Waals surface area contributed by atoms with Gasteiger partial charge in [0.15, 0.2) is 0 Å². The summed E-state index contributed by atoms with van der Waals surface area (Å²) in [6, 6.07) is 14.6. The minimum atomic E-state index is -0.889. The molecule has 0 saturated carbocycles. The largest absolute Gasteiger partial charge is 0.481 e.